The lowest BCUT2D eigenvalue weighted by atomic mass is 10.0. The zero-order valence-electron chi connectivity index (χ0n) is 20.1. The van der Waals surface area contributed by atoms with E-state index in [0.29, 0.717) is 23.0 Å². The third-order valence-electron chi connectivity index (χ3n) is 5.21. The van der Waals surface area contributed by atoms with Crippen LogP contribution < -0.4 is 5.32 Å². The third kappa shape index (κ3) is 8.92. The number of nitrogens with zero attached hydrogens (tertiary/aromatic N) is 1. The summed E-state index contributed by atoms with van der Waals surface area (Å²) in [6.07, 6.45) is 0.410. The molecule has 0 radical (unpaired) electrons. The molecule has 3 aromatic rings. The van der Waals surface area contributed by atoms with Gasteiger partial charge in [-0.25, -0.2) is 0 Å². The van der Waals surface area contributed by atoms with Crippen LogP contribution in [0.4, 0.5) is 0 Å². The first-order valence-electron chi connectivity index (χ1n) is 11.4. The van der Waals surface area contributed by atoms with Gasteiger partial charge in [0.1, 0.15) is 6.04 Å². The molecule has 1 atom stereocenters. The minimum absolute atomic E-state index is 0.120. The summed E-state index contributed by atoms with van der Waals surface area (Å²) >= 11 is 13.5. The predicted molar refractivity (Wildman–Crippen MR) is 146 cm³/mol. The summed E-state index contributed by atoms with van der Waals surface area (Å²) in [5.74, 6) is -0.103. The first-order chi connectivity index (χ1) is 16.6. The van der Waals surface area contributed by atoms with Crippen LogP contribution in [-0.2, 0) is 22.6 Å². The molecule has 0 aliphatic rings. The summed E-state index contributed by atoms with van der Waals surface area (Å²) in [6.45, 7) is 6.11. The molecule has 0 saturated carbocycles. The van der Waals surface area contributed by atoms with Gasteiger partial charge in [-0.15, -0.1) is 11.8 Å². The summed E-state index contributed by atoms with van der Waals surface area (Å²) in [6, 6.07) is 23.8. The van der Waals surface area contributed by atoms with E-state index in [2.05, 4.69) is 5.32 Å². The van der Waals surface area contributed by atoms with Gasteiger partial charge in [-0.1, -0.05) is 65.7 Å². The van der Waals surface area contributed by atoms with Gasteiger partial charge >= 0.3 is 0 Å². The zero-order chi connectivity index (χ0) is 25.4. The largest absolute Gasteiger partial charge is 0.350 e. The maximum atomic E-state index is 13.6. The van der Waals surface area contributed by atoms with Gasteiger partial charge < -0.3 is 10.2 Å². The monoisotopic (exact) mass is 528 g/mol. The Kier molecular flexibility index (Phi) is 9.67. The van der Waals surface area contributed by atoms with Crippen LogP contribution in [0.25, 0.3) is 0 Å². The maximum absolute atomic E-state index is 13.6. The van der Waals surface area contributed by atoms with Crippen LogP contribution in [0.5, 0.6) is 0 Å². The van der Waals surface area contributed by atoms with Gasteiger partial charge in [0, 0.05) is 33.4 Å². The Hall–Kier alpha value is -2.47. The third-order valence-corrected chi connectivity index (χ3v) is 6.71. The average molecular weight is 530 g/mol. The lowest BCUT2D eigenvalue weighted by molar-refractivity contribution is -0.140. The fraction of sp³-hybridized carbons (Fsp3) is 0.286. The molecule has 0 spiro atoms. The van der Waals surface area contributed by atoms with Gasteiger partial charge in [0.2, 0.25) is 11.8 Å². The van der Waals surface area contributed by atoms with Crippen LogP contribution in [0.15, 0.2) is 83.8 Å². The summed E-state index contributed by atoms with van der Waals surface area (Å²) in [5, 5.41) is 4.34. The van der Waals surface area contributed by atoms with Gasteiger partial charge in [-0.2, -0.15) is 0 Å². The van der Waals surface area contributed by atoms with Gasteiger partial charge in [0.05, 0.1) is 5.75 Å². The molecule has 4 nitrogen and oxygen atoms in total. The number of hydrogen-bond acceptors (Lipinski definition) is 3. The zero-order valence-corrected chi connectivity index (χ0v) is 22.5. The molecule has 35 heavy (non-hydrogen) atoms. The number of thioether (sulfide) groups is 1. The smallest absolute Gasteiger partial charge is 0.243 e. The number of amides is 2. The van der Waals surface area contributed by atoms with Crippen molar-refractivity contribution in [2.45, 2.75) is 50.2 Å². The van der Waals surface area contributed by atoms with Crippen molar-refractivity contribution in [1.82, 2.24) is 10.2 Å². The SMILES string of the molecule is CC(C)(C)NC(=O)C(Cc1ccccc1)N(Cc1ccc(Cl)cc1)C(=O)CSc1ccc(Cl)cc1. The molecule has 0 aliphatic carbocycles. The normalized spacial score (nSPS) is 12.1. The van der Waals surface area contributed by atoms with Crippen molar-refractivity contribution >= 4 is 46.8 Å². The molecule has 0 bridgehead atoms. The molecule has 0 fully saturated rings. The molecule has 1 N–H and O–H groups in total. The minimum atomic E-state index is -0.675. The first-order valence-corrected chi connectivity index (χ1v) is 13.1. The van der Waals surface area contributed by atoms with Crippen molar-refractivity contribution in [3.8, 4) is 0 Å². The van der Waals surface area contributed by atoms with Crippen LogP contribution in [0.1, 0.15) is 31.9 Å². The lowest BCUT2D eigenvalue weighted by Crippen LogP contribution is -2.54. The number of carbonyl (C=O) groups excluding carboxylic acids is 2. The van der Waals surface area contributed by atoms with E-state index in [1.54, 1.807) is 29.2 Å². The average Bonchev–Trinajstić information content (AvgIpc) is 2.81. The summed E-state index contributed by atoms with van der Waals surface area (Å²) in [7, 11) is 0. The van der Waals surface area contributed by atoms with E-state index in [4.69, 9.17) is 23.2 Å². The Bertz CT molecular complexity index is 1110. The Labute approximate surface area is 222 Å². The second-order valence-corrected chi connectivity index (χ2v) is 11.3. The Morgan fingerprint density at radius 2 is 1.43 bits per heavy atom. The van der Waals surface area contributed by atoms with Crippen molar-refractivity contribution < 1.29 is 9.59 Å². The highest BCUT2D eigenvalue weighted by atomic mass is 35.5. The van der Waals surface area contributed by atoms with Crippen molar-refractivity contribution in [3.05, 3.63) is 100 Å². The molecule has 3 aromatic carbocycles. The van der Waals surface area contributed by atoms with E-state index in [-0.39, 0.29) is 17.6 Å². The number of rotatable bonds is 9. The molecule has 0 aliphatic heterocycles. The second kappa shape index (κ2) is 12.5. The second-order valence-electron chi connectivity index (χ2n) is 9.34. The Morgan fingerprint density at radius 1 is 0.857 bits per heavy atom. The van der Waals surface area contributed by atoms with Crippen LogP contribution >= 0.6 is 35.0 Å². The van der Waals surface area contributed by atoms with E-state index in [1.165, 1.54) is 11.8 Å². The minimum Gasteiger partial charge on any atom is -0.350 e. The quantitative estimate of drug-likeness (QED) is 0.316. The van der Waals surface area contributed by atoms with Crippen molar-refractivity contribution in [2.24, 2.45) is 0 Å². The van der Waals surface area contributed by atoms with Gasteiger partial charge in [-0.05, 0) is 68.3 Å². The fourth-order valence-electron chi connectivity index (χ4n) is 3.55. The van der Waals surface area contributed by atoms with E-state index in [1.807, 2.05) is 75.4 Å². The van der Waals surface area contributed by atoms with Crippen LogP contribution in [0, 0.1) is 0 Å². The number of nitrogens with one attached hydrogen (secondary N) is 1. The number of hydrogen-bond donors (Lipinski definition) is 1. The Balaban J connectivity index is 1.91. The molecule has 2 amide bonds. The summed E-state index contributed by atoms with van der Waals surface area (Å²) in [5.41, 5.74) is 1.46. The molecule has 0 saturated heterocycles. The first kappa shape index (κ1) is 27.1. The number of benzene rings is 3. The van der Waals surface area contributed by atoms with E-state index >= 15 is 0 Å². The van der Waals surface area contributed by atoms with Crippen molar-refractivity contribution in [1.29, 1.82) is 0 Å². The highest BCUT2D eigenvalue weighted by molar-refractivity contribution is 8.00. The Morgan fingerprint density at radius 3 is 2.00 bits per heavy atom. The van der Waals surface area contributed by atoms with Crippen LogP contribution in [-0.4, -0.2) is 34.0 Å². The van der Waals surface area contributed by atoms with Crippen molar-refractivity contribution in [3.63, 3.8) is 0 Å². The van der Waals surface area contributed by atoms with Crippen molar-refractivity contribution in [2.75, 3.05) is 5.75 Å². The highest BCUT2D eigenvalue weighted by Gasteiger charge is 2.32. The maximum Gasteiger partial charge on any atom is 0.243 e. The number of halogens is 2. The summed E-state index contributed by atoms with van der Waals surface area (Å²) in [4.78, 5) is 29.8. The molecular weight excluding hydrogens is 499 g/mol. The topological polar surface area (TPSA) is 49.4 Å². The van der Waals surface area contributed by atoms with E-state index < -0.39 is 11.6 Å². The van der Waals surface area contributed by atoms with E-state index in [0.717, 1.165) is 16.0 Å². The molecule has 7 heteroatoms. The summed E-state index contributed by atoms with van der Waals surface area (Å²) < 4.78 is 0. The van der Waals surface area contributed by atoms with Crippen LogP contribution in [0.2, 0.25) is 10.0 Å². The highest BCUT2D eigenvalue weighted by Crippen LogP contribution is 2.23. The molecule has 0 heterocycles. The fourth-order valence-corrected chi connectivity index (χ4v) is 4.59. The van der Waals surface area contributed by atoms with Gasteiger partial charge in [-0.3, -0.25) is 9.59 Å². The predicted octanol–water partition coefficient (Wildman–Crippen LogP) is 6.64. The molecule has 184 valence electrons. The molecule has 3 rings (SSSR count). The van der Waals surface area contributed by atoms with Gasteiger partial charge in [0.25, 0.3) is 0 Å². The number of carbonyl (C=O) groups is 2. The lowest BCUT2D eigenvalue weighted by Gasteiger charge is -2.34. The molecule has 1 unspecified atom stereocenters. The molecule has 0 aromatic heterocycles. The van der Waals surface area contributed by atoms with Crippen LogP contribution in [0.3, 0.4) is 0 Å². The van der Waals surface area contributed by atoms with E-state index in [9.17, 15) is 9.59 Å². The van der Waals surface area contributed by atoms with Gasteiger partial charge in [0.15, 0.2) is 0 Å². The standard InChI is InChI=1S/C28H30Cl2N2O2S/c1-28(2,3)31-27(34)25(17-20-7-5-4-6-8-20)32(18-21-9-11-22(29)12-10-21)26(33)19-35-24-15-13-23(30)14-16-24/h4-16,25H,17-19H2,1-3H3,(H,31,34). The molecular formula is C28H30Cl2N2O2S.